The molecule has 2 aromatic carbocycles. The third kappa shape index (κ3) is 3.08. The standard InChI is InChI=1S/C20H16N6O4/c1-28-16-4-10(5-17(29-2)19(16)30-3)20(27)23-18-11(8-21)9-22-13-7-15-14(6-12(13)18)24-26-25-15/h4-7,9H,1-3H3,(H,22,23,27)(H,24,25,26). The predicted octanol–water partition coefficient (Wildman–Crippen LogP) is 2.66. The lowest BCUT2D eigenvalue weighted by molar-refractivity contribution is 0.102. The minimum Gasteiger partial charge on any atom is -0.493 e. The summed E-state index contributed by atoms with van der Waals surface area (Å²) < 4.78 is 15.9. The second kappa shape index (κ2) is 7.56. The predicted molar refractivity (Wildman–Crippen MR) is 108 cm³/mol. The van der Waals surface area contributed by atoms with Gasteiger partial charge in [0.1, 0.15) is 17.1 Å². The molecular weight excluding hydrogens is 388 g/mol. The van der Waals surface area contributed by atoms with Crippen LogP contribution in [0.3, 0.4) is 0 Å². The van der Waals surface area contributed by atoms with Crippen molar-refractivity contribution in [3.05, 3.63) is 41.6 Å². The summed E-state index contributed by atoms with van der Waals surface area (Å²) in [6.45, 7) is 0. The van der Waals surface area contributed by atoms with Gasteiger partial charge in [0.05, 0.1) is 38.1 Å². The molecule has 4 rings (SSSR count). The molecule has 2 N–H and O–H groups in total. The molecule has 150 valence electrons. The summed E-state index contributed by atoms with van der Waals surface area (Å²) in [6.07, 6.45) is 1.40. The average molecular weight is 404 g/mol. The number of nitrogens with one attached hydrogen (secondary N) is 2. The lowest BCUT2D eigenvalue weighted by Crippen LogP contribution is -2.14. The van der Waals surface area contributed by atoms with Gasteiger partial charge in [0.2, 0.25) is 5.75 Å². The molecule has 0 aliphatic carbocycles. The van der Waals surface area contributed by atoms with E-state index in [1.807, 2.05) is 0 Å². The van der Waals surface area contributed by atoms with Crippen LogP contribution < -0.4 is 19.5 Å². The Morgan fingerprint density at radius 3 is 2.27 bits per heavy atom. The maximum Gasteiger partial charge on any atom is 0.255 e. The minimum atomic E-state index is -0.460. The van der Waals surface area contributed by atoms with E-state index in [4.69, 9.17) is 14.2 Å². The molecule has 30 heavy (non-hydrogen) atoms. The normalized spacial score (nSPS) is 10.6. The highest BCUT2D eigenvalue weighted by molar-refractivity contribution is 6.11. The van der Waals surface area contributed by atoms with E-state index in [2.05, 4.69) is 31.8 Å². The monoisotopic (exact) mass is 404 g/mol. The second-order valence-electron chi connectivity index (χ2n) is 6.21. The number of nitrogens with zero attached hydrogens (tertiary/aromatic N) is 4. The van der Waals surface area contributed by atoms with E-state index in [-0.39, 0.29) is 11.1 Å². The van der Waals surface area contributed by atoms with E-state index in [0.29, 0.717) is 44.9 Å². The van der Waals surface area contributed by atoms with Gasteiger partial charge < -0.3 is 19.5 Å². The number of benzene rings is 2. The Morgan fingerprint density at radius 2 is 1.67 bits per heavy atom. The fraction of sp³-hybridized carbons (Fsp3) is 0.150. The van der Waals surface area contributed by atoms with E-state index >= 15 is 0 Å². The Hall–Kier alpha value is -4.39. The van der Waals surface area contributed by atoms with Crippen LogP contribution in [-0.4, -0.2) is 47.6 Å². The maximum absolute atomic E-state index is 13.0. The summed E-state index contributed by atoms with van der Waals surface area (Å²) >= 11 is 0. The molecule has 0 aliphatic rings. The highest BCUT2D eigenvalue weighted by Crippen LogP contribution is 2.38. The largest absolute Gasteiger partial charge is 0.493 e. The highest BCUT2D eigenvalue weighted by Gasteiger charge is 2.19. The third-order valence-electron chi connectivity index (χ3n) is 4.59. The van der Waals surface area contributed by atoms with Crippen LogP contribution in [0.4, 0.5) is 5.69 Å². The van der Waals surface area contributed by atoms with E-state index < -0.39 is 5.91 Å². The molecule has 0 spiro atoms. The number of H-pyrrole nitrogens is 1. The third-order valence-corrected chi connectivity index (χ3v) is 4.59. The highest BCUT2D eigenvalue weighted by atomic mass is 16.5. The molecule has 0 saturated heterocycles. The lowest BCUT2D eigenvalue weighted by Gasteiger charge is -2.15. The fourth-order valence-corrected chi connectivity index (χ4v) is 3.15. The maximum atomic E-state index is 13.0. The van der Waals surface area contributed by atoms with Crippen LogP contribution in [0.25, 0.3) is 21.9 Å². The van der Waals surface area contributed by atoms with Crippen molar-refractivity contribution in [1.82, 2.24) is 20.4 Å². The number of carbonyl (C=O) groups is 1. The Bertz CT molecular complexity index is 1300. The van der Waals surface area contributed by atoms with Gasteiger partial charge in [-0.2, -0.15) is 20.7 Å². The Kier molecular flexibility index (Phi) is 4.77. The molecule has 0 aliphatic heterocycles. The SMILES string of the molecule is COc1cc(C(=O)Nc2c(C#N)cnc3cc4n[nH]nc4cc23)cc(OC)c1OC. The van der Waals surface area contributed by atoms with Crippen molar-refractivity contribution in [3.63, 3.8) is 0 Å². The number of fused-ring (bicyclic) bond motifs is 2. The molecule has 0 bridgehead atoms. The molecule has 0 unspecified atom stereocenters. The number of pyridine rings is 1. The summed E-state index contributed by atoms with van der Waals surface area (Å²) in [7, 11) is 4.41. The topological polar surface area (TPSA) is 135 Å². The van der Waals surface area contributed by atoms with Crippen LogP contribution in [0.15, 0.2) is 30.5 Å². The number of methoxy groups -OCH3 is 3. The van der Waals surface area contributed by atoms with Gasteiger partial charge in [-0.1, -0.05) is 0 Å². The number of rotatable bonds is 5. The molecule has 2 heterocycles. The Balaban J connectivity index is 1.82. The molecule has 10 nitrogen and oxygen atoms in total. The van der Waals surface area contributed by atoms with Crippen molar-refractivity contribution >= 4 is 33.5 Å². The second-order valence-corrected chi connectivity index (χ2v) is 6.21. The van der Waals surface area contributed by atoms with Crippen LogP contribution in [0.1, 0.15) is 15.9 Å². The zero-order valence-electron chi connectivity index (χ0n) is 16.3. The number of hydrogen-bond acceptors (Lipinski definition) is 8. The van der Waals surface area contributed by atoms with Crippen molar-refractivity contribution < 1.29 is 19.0 Å². The molecule has 0 radical (unpaired) electrons. The summed E-state index contributed by atoms with van der Waals surface area (Å²) in [5.41, 5.74) is 2.58. The van der Waals surface area contributed by atoms with Gasteiger partial charge in [0.25, 0.3) is 5.91 Å². The summed E-state index contributed by atoms with van der Waals surface area (Å²) in [6, 6.07) is 8.56. The van der Waals surface area contributed by atoms with Crippen LogP contribution in [0, 0.1) is 11.3 Å². The number of ether oxygens (including phenoxy) is 3. The molecule has 0 atom stereocenters. The van der Waals surface area contributed by atoms with Crippen LogP contribution >= 0.6 is 0 Å². The molecule has 2 aromatic heterocycles. The fourth-order valence-electron chi connectivity index (χ4n) is 3.15. The van der Waals surface area contributed by atoms with E-state index in [0.717, 1.165) is 0 Å². The molecule has 10 heteroatoms. The van der Waals surface area contributed by atoms with E-state index in [1.165, 1.54) is 39.7 Å². The van der Waals surface area contributed by atoms with E-state index in [1.54, 1.807) is 12.1 Å². The van der Waals surface area contributed by atoms with Crippen LogP contribution in [-0.2, 0) is 0 Å². The van der Waals surface area contributed by atoms with Crippen LogP contribution in [0.2, 0.25) is 0 Å². The zero-order chi connectivity index (χ0) is 21.3. The molecule has 4 aromatic rings. The van der Waals surface area contributed by atoms with Gasteiger partial charge in [0, 0.05) is 17.1 Å². The lowest BCUT2D eigenvalue weighted by atomic mass is 10.1. The van der Waals surface area contributed by atoms with Crippen molar-refractivity contribution in [2.24, 2.45) is 0 Å². The van der Waals surface area contributed by atoms with E-state index in [9.17, 15) is 10.1 Å². The quantitative estimate of drug-likeness (QED) is 0.518. The zero-order valence-corrected chi connectivity index (χ0v) is 16.3. The summed E-state index contributed by atoms with van der Waals surface area (Å²) in [5.74, 6) is 0.591. The number of amides is 1. The van der Waals surface area contributed by atoms with Crippen molar-refractivity contribution in [1.29, 1.82) is 5.26 Å². The van der Waals surface area contributed by atoms with Gasteiger partial charge in [-0.25, -0.2) is 0 Å². The Morgan fingerprint density at radius 1 is 1.00 bits per heavy atom. The van der Waals surface area contributed by atoms with Gasteiger partial charge in [0.15, 0.2) is 11.5 Å². The van der Waals surface area contributed by atoms with Crippen molar-refractivity contribution in [3.8, 4) is 23.3 Å². The smallest absolute Gasteiger partial charge is 0.255 e. The van der Waals surface area contributed by atoms with Gasteiger partial charge in [-0.05, 0) is 24.3 Å². The van der Waals surface area contributed by atoms with Crippen molar-refractivity contribution in [2.75, 3.05) is 26.6 Å². The first-order valence-electron chi connectivity index (χ1n) is 8.74. The molecule has 0 saturated carbocycles. The molecule has 1 amide bonds. The first kappa shape index (κ1) is 18.9. The Labute approximate surface area is 170 Å². The van der Waals surface area contributed by atoms with Crippen molar-refractivity contribution in [2.45, 2.75) is 0 Å². The molecular formula is C20H16N6O4. The average Bonchev–Trinajstić information content (AvgIpc) is 3.24. The summed E-state index contributed by atoms with van der Waals surface area (Å²) in [5, 5.41) is 23.5. The number of aromatic nitrogens is 4. The van der Waals surface area contributed by atoms with Gasteiger partial charge in [-0.3, -0.25) is 9.78 Å². The molecule has 0 fully saturated rings. The van der Waals surface area contributed by atoms with Gasteiger partial charge in [-0.15, -0.1) is 0 Å². The number of aromatic amines is 1. The number of anilines is 1. The summed E-state index contributed by atoms with van der Waals surface area (Å²) in [4.78, 5) is 17.3. The van der Waals surface area contributed by atoms with Crippen LogP contribution in [0.5, 0.6) is 17.2 Å². The van der Waals surface area contributed by atoms with Gasteiger partial charge >= 0.3 is 0 Å². The first-order valence-corrected chi connectivity index (χ1v) is 8.74. The first-order chi connectivity index (χ1) is 14.6. The number of carbonyl (C=O) groups excluding carboxylic acids is 1. The minimum absolute atomic E-state index is 0.214. The number of hydrogen-bond donors (Lipinski definition) is 2. The number of nitriles is 1.